The molecular formula is C11H22N2O3S. The van der Waals surface area contributed by atoms with Crippen molar-refractivity contribution in [1.29, 1.82) is 0 Å². The highest BCUT2D eigenvalue weighted by Crippen LogP contribution is 2.21. The summed E-state index contributed by atoms with van der Waals surface area (Å²) in [5, 5.41) is 0. The van der Waals surface area contributed by atoms with E-state index in [4.69, 9.17) is 5.73 Å². The molecule has 0 unspecified atom stereocenters. The van der Waals surface area contributed by atoms with Crippen LogP contribution in [0.2, 0.25) is 0 Å². The Bertz CT molecular complexity index is 348. The highest BCUT2D eigenvalue weighted by atomic mass is 32.2. The zero-order valence-electron chi connectivity index (χ0n) is 10.4. The van der Waals surface area contributed by atoms with E-state index in [0.717, 1.165) is 25.7 Å². The quantitative estimate of drug-likeness (QED) is 0.765. The molecule has 17 heavy (non-hydrogen) atoms. The van der Waals surface area contributed by atoms with Gasteiger partial charge in [0.15, 0.2) is 9.84 Å². The Morgan fingerprint density at radius 1 is 1.29 bits per heavy atom. The van der Waals surface area contributed by atoms with Crippen molar-refractivity contribution in [1.82, 2.24) is 4.90 Å². The highest BCUT2D eigenvalue weighted by molar-refractivity contribution is 7.92. The van der Waals surface area contributed by atoms with Crippen LogP contribution < -0.4 is 5.73 Å². The number of nitrogens with zero attached hydrogens (tertiary/aromatic N) is 1. The van der Waals surface area contributed by atoms with E-state index in [0.29, 0.717) is 0 Å². The van der Waals surface area contributed by atoms with Gasteiger partial charge in [-0.25, -0.2) is 8.42 Å². The Morgan fingerprint density at radius 2 is 1.88 bits per heavy atom. The van der Waals surface area contributed by atoms with Gasteiger partial charge in [-0.1, -0.05) is 19.3 Å². The highest BCUT2D eigenvalue weighted by Gasteiger charge is 2.25. The zero-order chi connectivity index (χ0) is 12.9. The van der Waals surface area contributed by atoms with Crippen LogP contribution >= 0.6 is 0 Å². The fourth-order valence-corrected chi connectivity index (χ4v) is 3.30. The van der Waals surface area contributed by atoms with Crippen LogP contribution in [0.5, 0.6) is 0 Å². The Balaban J connectivity index is 2.51. The van der Waals surface area contributed by atoms with Gasteiger partial charge in [0.05, 0.1) is 5.75 Å². The summed E-state index contributed by atoms with van der Waals surface area (Å²) in [5.74, 6) is -0.820. The van der Waals surface area contributed by atoms with Crippen molar-refractivity contribution in [2.45, 2.75) is 38.1 Å². The summed E-state index contributed by atoms with van der Waals surface area (Å²) >= 11 is 0. The topological polar surface area (TPSA) is 80.5 Å². The van der Waals surface area contributed by atoms with Crippen molar-refractivity contribution < 1.29 is 13.2 Å². The Morgan fingerprint density at radius 3 is 2.41 bits per heavy atom. The first-order chi connectivity index (χ1) is 7.96. The number of carbonyl (C=O) groups is 1. The summed E-state index contributed by atoms with van der Waals surface area (Å²) < 4.78 is 23.0. The minimum absolute atomic E-state index is 0.0722. The molecular weight excluding hydrogens is 240 g/mol. The van der Waals surface area contributed by atoms with Crippen LogP contribution in [0.15, 0.2) is 0 Å². The van der Waals surface area contributed by atoms with E-state index in [9.17, 15) is 13.2 Å². The molecule has 0 spiro atoms. The Labute approximate surface area is 103 Å². The number of sulfone groups is 1. The molecule has 6 heteroatoms. The van der Waals surface area contributed by atoms with Crippen LogP contribution in [0.4, 0.5) is 0 Å². The monoisotopic (exact) mass is 262 g/mol. The fourth-order valence-electron chi connectivity index (χ4n) is 2.21. The maximum atomic E-state index is 11.8. The molecule has 0 bridgehead atoms. The number of nitrogens with two attached hydrogens (primary N) is 1. The number of hydrogen-bond acceptors (Lipinski definition) is 4. The third-order valence-electron chi connectivity index (χ3n) is 3.29. The van der Waals surface area contributed by atoms with Gasteiger partial charge in [-0.3, -0.25) is 4.79 Å². The van der Waals surface area contributed by atoms with Gasteiger partial charge in [0.2, 0.25) is 5.91 Å². The molecule has 1 saturated carbocycles. The van der Waals surface area contributed by atoms with Gasteiger partial charge in [-0.15, -0.1) is 0 Å². The second kappa shape index (κ2) is 6.35. The predicted octanol–water partition coefficient (Wildman–Crippen LogP) is 0.151. The molecule has 0 radical (unpaired) electrons. The van der Waals surface area contributed by atoms with E-state index in [-0.39, 0.29) is 24.2 Å². The summed E-state index contributed by atoms with van der Waals surface area (Å²) in [4.78, 5) is 13.4. The second-order valence-corrected chi connectivity index (χ2v) is 6.86. The van der Waals surface area contributed by atoms with Crippen molar-refractivity contribution in [2.75, 3.05) is 25.1 Å². The first-order valence-electron chi connectivity index (χ1n) is 6.12. The zero-order valence-corrected chi connectivity index (χ0v) is 11.2. The summed E-state index contributed by atoms with van der Waals surface area (Å²) in [6.45, 7) is 0.0722. The van der Waals surface area contributed by atoms with Gasteiger partial charge in [-0.2, -0.15) is 0 Å². The maximum absolute atomic E-state index is 11.8. The van der Waals surface area contributed by atoms with Gasteiger partial charge in [-0.05, 0) is 12.8 Å². The molecule has 1 aliphatic rings. The van der Waals surface area contributed by atoms with Gasteiger partial charge >= 0.3 is 0 Å². The van der Waals surface area contributed by atoms with E-state index < -0.39 is 15.6 Å². The molecule has 0 aromatic heterocycles. The number of hydrogen-bond donors (Lipinski definition) is 1. The van der Waals surface area contributed by atoms with E-state index in [2.05, 4.69) is 0 Å². The molecule has 0 aromatic rings. The number of amides is 1. The van der Waals surface area contributed by atoms with E-state index in [1.165, 1.54) is 6.42 Å². The van der Waals surface area contributed by atoms with Crippen molar-refractivity contribution in [3.8, 4) is 0 Å². The fraction of sp³-hybridized carbons (Fsp3) is 0.909. The van der Waals surface area contributed by atoms with Crippen molar-refractivity contribution >= 4 is 15.7 Å². The molecule has 0 heterocycles. The third kappa shape index (κ3) is 4.63. The Hall–Kier alpha value is -0.620. The minimum atomic E-state index is -3.33. The first-order valence-corrected chi connectivity index (χ1v) is 7.94. The average Bonchev–Trinajstić information content (AvgIpc) is 2.28. The van der Waals surface area contributed by atoms with Crippen LogP contribution in [-0.4, -0.2) is 50.4 Å². The molecule has 0 saturated heterocycles. The van der Waals surface area contributed by atoms with Crippen LogP contribution in [-0.2, 0) is 14.6 Å². The molecule has 1 aliphatic carbocycles. The van der Waals surface area contributed by atoms with Crippen molar-refractivity contribution in [2.24, 2.45) is 5.73 Å². The molecule has 5 nitrogen and oxygen atoms in total. The second-order valence-electron chi connectivity index (χ2n) is 4.68. The summed E-state index contributed by atoms with van der Waals surface area (Å²) in [6.07, 6.45) is 5.43. The molecule has 1 rings (SSSR count). The first kappa shape index (κ1) is 14.4. The smallest absolute Gasteiger partial charge is 0.237 e. The lowest BCUT2D eigenvalue weighted by Gasteiger charge is -2.31. The molecule has 100 valence electrons. The number of carbonyl (C=O) groups excluding carboxylic acids is 1. The van der Waals surface area contributed by atoms with Crippen molar-refractivity contribution in [3.05, 3.63) is 0 Å². The lowest BCUT2D eigenvalue weighted by molar-refractivity contribution is -0.129. The average molecular weight is 262 g/mol. The third-order valence-corrected chi connectivity index (χ3v) is 4.83. The van der Waals surface area contributed by atoms with Gasteiger partial charge in [0.25, 0.3) is 0 Å². The predicted molar refractivity (Wildman–Crippen MR) is 67.4 cm³/mol. The molecule has 0 atom stereocenters. The van der Waals surface area contributed by atoms with Crippen LogP contribution in [0, 0.1) is 0 Å². The molecule has 0 aliphatic heterocycles. The van der Waals surface area contributed by atoms with Gasteiger partial charge in [0, 0.05) is 19.6 Å². The summed E-state index contributed by atoms with van der Waals surface area (Å²) in [5.41, 5.74) is 5.21. The molecule has 1 fully saturated rings. The molecule has 0 aromatic carbocycles. The minimum Gasteiger partial charge on any atom is -0.342 e. The number of rotatable bonds is 5. The SMILES string of the molecule is CN(C(=O)CS(=O)(=O)CCN)C1CCCCC1. The van der Waals surface area contributed by atoms with Crippen LogP contribution in [0.1, 0.15) is 32.1 Å². The summed E-state index contributed by atoms with van der Waals surface area (Å²) in [6, 6.07) is 0.212. The van der Waals surface area contributed by atoms with E-state index in [1.807, 2.05) is 0 Å². The van der Waals surface area contributed by atoms with Crippen molar-refractivity contribution in [3.63, 3.8) is 0 Å². The van der Waals surface area contributed by atoms with Gasteiger partial charge < -0.3 is 10.6 Å². The lowest BCUT2D eigenvalue weighted by atomic mass is 9.94. The molecule has 1 amide bonds. The largest absolute Gasteiger partial charge is 0.342 e. The van der Waals surface area contributed by atoms with Crippen LogP contribution in [0.25, 0.3) is 0 Å². The summed E-state index contributed by atoms with van der Waals surface area (Å²) in [7, 11) is -1.63. The Kier molecular flexibility index (Phi) is 5.39. The lowest BCUT2D eigenvalue weighted by Crippen LogP contribution is -2.41. The normalized spacial score (nSPS) is 18.0. The van der Waals surface area contributed by atoms with E-state index >= 15 is 0 Å². The maximum Gasteiger partial charge on any atom is 0.237 e. The standard InChI is InChI=1S/C11H22N2O3S/c1-13(10-5-3-2-4-6-10)11(14)9-17(15,16)8-7-12/h10H,2-9,12H2,1H3. The molecule has 2 N–H and O–H groups in total. The van der Waals surface area contributed by atoms with Crippen LogP contribution in [0.3, 0.4) is 0 Å². The van der Waals surface area contributed by atoms with E-state index in [1.54, 1.807) is 11.9 Å². The van der Waals surface area contributed by atoms with Gasteiger partial charge in [0.1, 0.15) is 5.75 Å².